The fourth-order valence-corrected chi connectivity index (χ4v) is 2.45. The molecule has 1 amide bonds. The van der Waals surface area contributed by atoms with E-state index in [1.807, 2.05) is 20.8 Å². The minimum absolute atomic E-state index is 0.0336. The lowest BCUT2D eigenvalue weighted by molar-refractivity contribution is -0.384. The van der Waals surface area contributed by atoms with E-state index in [-0.39, 0.29) is 29.8 Å². The van der Waals surface area contributed by atoms with Crippen molar-refractivity contribution in [2.24, 2.45) is 0 Å². The van der Waals surface area contributed by atoms with Crippen LogP contribution in [-0.4, -0.2) is 33.9 Å². The molecular formula is C18H23N5O4. The van der Waals surface area contributed by atoms with Gasteiger partial charge in [-0.05, 0) is 13.0 Å². The molecule has 0 unspecified atom stereocenters. The van der Waals surface area contributed by atoms with Crippen molar-refractivity contribution >= 4 is 17.3 Å². The van der Waals surface area contributed by atoms with E-state index in [1.54, 1.807) is 25.1 Å². The van der Waals surface area contributed by atoms with Crippen molar-refractivity contribution in [2.75, 3.05) is 18.4 Å². The number of para-hydroxylation sites is 2. The number of nitrogens with one attached hydrogen (secondary N) is 3. The van der Waals surface area contributed by atoms with Gasteiger partial charge in [-0.25, -0.2) is 4.98 Å². The van der Waals surface area contributed by atoms with Crippen molar-refractivity contribution in [3.05, 3.63) is 61.8 Å². The molecule has 0 saturated heterocycles. The summed E-state index contributed by atoms with van der Waals surface area (Å²) < 4.78 is 0. The quantitative estimate of drug-likeness (QED) is 0.404. The summed E-state index contributed by atoms with van der Waals surface area (Å²) in [6.45, 7) is 7.81. The van der Waals surface area contributed by atoms with Crippen molar-refractivity contribution in [3.63, 3.8) is 0 Å². The van der Waals surface area contributed by atoms with Gasteiger partial charge in [0, 0.05) is 24.6 Å². The summed E-state index contributed by atoms with van der Waals surface area (Å²) >= 11 is 0. The van der Waals surface area contributed by atoms with Gasteiger partial charge in [-0.2, -0.15) is 0 Å². The van der Waals surface area contributed by atoms with Gasteiger partial charge in [-0.3, -0.25) is 19.7 Å². The van der Waals surface area contributed by atoms with Crippen LogP contribution in [0.2, 0.25) is 0 Å². The van der Waals surface area contributed by atoms with Gasteiger partial charge in [0.25, 0.3) is 17.2 Å². The Morgan fingerprint density at radius 3 is 2.52 bits per heavy atom. The SMILES string of the molecule is Cc1nc(C(C)(C)C)[nH]c(=O)c1C(=O)NCCNc1ccccc1[N+](=O)[O-]. The minimum atomic E-state index is -0.536. The van der Waals surface area contributed by atoms with Crippen LogP contribution in [-0.2, 0) is 5.41 Å². The highest BCUT2D eigenvalue weighted by Crippen LogP contribution is 2.22. The van der Waals surface area contributed by atoms with E-state index < -0.39 is 16.4 Å². The van der Waals surface area contributed by atoms with Crippen LogP contribution in [0.3, 0.4) is 0 Å². The predicted octanol–water partition coefficient (Wildman–Crippen LogP) is 2.13. The van der Waals surface area contributed by atoms with Crippen LogP contribution in [0.15, 0.2) is 29.1 Å². The number of benzene rings is 1. The molecule has 2 aromatic rings. The first-order valence-electron chi connectivity index (χ1n) is 8.48. The number of rotatable bonds is 6. The molecule has 0 saturated carbocycles. The second-order valence-corrected chi connectivity index (χ2v) is 7.08. The maximum absolute atomic E-state index is 12.3. The summed E-state index contributed by atoms with van der Waals surface area (Å²) in [6.07, 6.45) is 0. The molecule has 0 spiro atoms. The van der Waals surface area contributed by atoms with Gasteiger partial charge in [0.15, 0.2) is 0 Å². The number of carbonyl (C=O) groups is 1. The van der Waals surface area contributed by atoms with E-state index in [1.165, 1.54) is 6.07 Å². The number of H-pyrrole nitrogens is 1. The highest BCUT2D eigenvalue weighted by atomic mass is 16.6. The zero-order chi connectivity index (χ0) is 20.2. The molecular weight excluding hydrogens is 350 g/mol. The number of carbonyl (C=O) groups excluding carboxylic acids is 1. The number of anilines is 1. The summed E-state index contributed by atoms with van der Waals surface area (Å²) in [5.41, 5.74) is -0.189. The monoisotopic (exact) mass is 373 g/mol. The summed E-state index contributed by atoms with van der Waals surface area (Å²) in [7, 11) is 0. The van der Waals surface area contributed by atoms with Crippen LogP contribution >= 0.6 is 0 Å². The molecule has 0 bridgehead atoms. The van der Waals surface area contributed by atoms with Crippen molar-refractivity contribution < 1.29 is 9.72 Å². The third-order valence-corrected chi connectivity index (χ3v) is 3.86. The lowest BCUT2D eigenvalue weighted by Crippen LogP contribution is -2.35. The van der Waals surface area contributed by atoms with E-state index in [0.717, 1.165) is 0 Å². The minimum Gasteiger partial charge on any atom is -0.378 e. The molecule has 0 radical (unpaired) electrons. The van der Waals surface area contributed by atoms with Crippen molar-refractivity contribution in [1.29, 1.82) is 0 Å². The van der Waals surface area contributed by atoms with Gasteiger partial charge in [0.05, 0.1) is 10.6 Å². The van der Waals surface area contributed by atoms with Crippen molar-refractivity contribution in [1.82, 2.24) is 15.3 Å². The Bertz CT molecular complexity index is 915. The molecule has 2 rings (SSSR count). The third kappa shape index (κ3) is 4.90. The highest BCUT2D eigenvalue weighted by molar-refractivity contribution is 5.94. The zero-order valence-electron chi connectivity index (χ0n) is 15.8. The average molecular weight is 373 g/mol. The molecule has 1 aromatic carbocycles. The van der Waals surface area contributed by atoms with Gasteiger partial charge in [0.2, 0.25) is 0 Å². The fourth-order valence-electron chi connectivity index (χ4n) is 2.45. The number of aryl methyl sites for hydroxylation is 1. The van der Waals surface area contributed by atoms with Crippen LogP contribution in [0, 0.1) is 17.0 Å². The van der Waals surface area contributed by atoms with E-state index in [2.05, 4.69) is 20.6 Å². The molecule has 1 aromatic heterocycles. The molecule has 9 heteroatoms. The van der Waals surface area contributed by atoms with Gasteiger partial charge in [-0.15, -0.1) is 0 Å². The maximum atomic E-state index is 12.3. The Morgan fingerprint density at radius 1 is 1.26 bits per heavy atom. The average Bonchev–Trinajstić information content (AvgIpc) is 2.57. The van der Waals surface area contributed by atoms with Gasteiger partial charge in [0.1, 0.15) is 17.1 Å². The lowest BCUT2D eigenvalue weighted by Gasteiger charge is -2.18. The summed E-state index contributed by atoms with van der Waals surface area (Å²) in [5.74, 6) is -0.0225. The number of aromatic amines is 1. The standard InChI is InChI=1S/C18H23N5O4/c1-11-14(16(25)22-17(21-11)18(2,3)4)15(24)20-10-9-19-12-7-5-6-8-13(12)23(26)27/h5-8,19H,9-10H2,1-4H3,(H,20,24)(H,21,22,25). The number of nitro benzene ring substituents is 1. The summed E-state index contributed by atoms with van der Waals surface area (Å²) in [4.78, 5) is 42.1. The zero-order valence-corrected chi connectivity index (χ0v) is 15.8. The molecule has 0 aliphatic carbocycles. The largest absolute Gasteiger partial charge is 0.378 e. The number of amides is 1. The Balaban J connectivity index is 2.01. The van der Waals surface area contributed by atoms with E-state index in [4.69, 9.17) is 0 Å². The molecule has 3 N–H and O–H groups in total. The molecule has 1 heterocycles. The number of nitro groups is 1. The first-order chi connectivity index (χ1) is 12.6. The predicted molar refractivity (Wildman–Crippen MR) is 102 cm³/mol. The fraction of sp³-hybridized carbons (Fsp3) is 0.389. The van der Waals surface area contributed by atoms with Crippen molar-refractivity contribution in [2.45, 2.75) is 33.1 Å². The van der Waals surface area contributed by atoms with E-state index in [0.29, 0.717) is 17.2 Å². The van der Waals surface area contributed by atoms with Gasteiger partial charge in [-0.1, -0.05) is 32.9 Å². The van der Waals surface area contributed by atoms with Crippen LogP contribution < -0.4 is 16.2 Å². The smallest absolute Gasteiger partial charge is 0.292 e. The molecule has 0 atom stereocenters. The summed E-state index contributed by atoms with van der Waals surface area (Å²) in [6, 6.07) is 6.24. The lowest BCUT2D eigenvalue weighted by atomic mass is 9.95. The first kappa shape index (κ1) is 20.1. The number of aromatic nitrogens is 2. The molecule has 0 aliphatic rings. The molecule has 27 heavy (non-hydrogen) atoms. The van der Waals surface area contributed by atoms with Gasteiger partial charge >= 0.3 is 0 Å². The van der Waals surface area contributed by atoms with Crippen LogP contribution in [0.1, 0.15) is 42.6 Å². The van der Waals surface area contributed by atoms with Crippen LogP contribution in [0.25, 0.3) is 0 Å². The van der Waals surface area contributed by atoms with E-state index in [9.17, 15) is 19.7 Å². The van der Waals surface area contributed by atoms with E-state index >= 15 is 0 Å². The molecule has 0 fully saturated rings. The number of hydrogen-bond donors (Lipinski definition) is 3. The number of nitrogens with zero attached hydrogens (tertiary/aromatic N) is 2. The highest BCUT2D eigenvalue weighted by Gasteiger charge is 2.22. The second kappa shape index (κ2) is 7.98. The summed E-state index contributed by atoms with van der Waals surface area (Å²) in [5, 5.41) is 16.5. The molecule has 9 nitrogen and oxygen atoms in total. The van der Waals surface area contributed by atoms with Gasteiger partial charge < -0.3 is 15.6 Å². The Morgan fingerprint density at radius 2 is 1.93 bits per heavy atom. The molecule has 144 valence electrons. The Labute approximate surface area is 156 Å². The topological polar surface area (TPSA) is 130 Å². The maximum Gasteiger partial charge on any atom is 0.292 e. The third-order valence-electron chi connectivity index (χ3n) is 3.86. The number of hydrogen-bond acceptors (Lipinski definition) is 6. The van der Waals surface area contributed by atoms with Crippen molar-refractivity contribution in [3.8, 4) is 0 Å². The Kier molecular flexibility index (Phi) is 5.94. The second-order valence-electron chi connectivity index (χ2n) is 7.08. The van der Waals surface area contributed by atoms with Crippen LogP contribution in [0.4, 0.5) is 11.4 Å². The molecule has 0 aliphatic heterocycles. The normalized spacial score (nSPS) is 11.1. The first-order valence-corrected chi connectivity index (χ1v) is 8.48. The Hall–Kier alpha value is -3.23. The van der Waals surface area contributed by atoms with Crippen LogP contribution in [0.5, 0.6) is 0 Å².